The summed E-state index contributed by atoms with van der Waals surface area (Å²) in [6.45, 7) is 0. The molecule has 2 aromatic rings. The van der Waals surface area contributed by atoms with Crippen LogP contribution < -0.4 is 11.1 Å². The second-order valence-electron chi connectivity index (χ2n) is 5.63. The molecule has 1 aromatic carbocycles. The van der Waals surface area contributed by atoms with Crippen molar-refractivity contribution in [3.05, 3.63) is 40.4 Å². The summed E-state index contributed by atoms with van der Waals surface area (Å²) in [5.74, 6) is -0.106. The smallest absolute Gasteiger partial charge is 0.270 e. The lowest BCUT2D eigenvalue weighted by atomic mass is 9.92. The van der Waals surface area contributed by atoms with Gasteiger partial charge in [-0.15, -0.1) is 11.3 Å². The van der Waals surface area contributed by atoms with Gasteiger partial charge in [0.2, 0.25) is 0 Å². The molecule has 0 aliphatic heterocycles. The fraction of sp³-hybridized carbons (Fsp3) is 0.375. The summed E-state index contributed by atoms with van der Waals surface area (Å²) in [7, 11) is 0. The predicted molar refractivity (Wildman–Crippen MR) is 90.3 cm³/mol. The van der Waals surface area contributed by atoms with Gasteiger partial charge in [-0.1, -0.05) is 23.7 Å². The zero-order valence-corrected chi connectivity index (χ0v) is 13.7. The average Bonchev–Trinajstić information content (AvgIpc) is 3.00. The molecule has 3 rings (SSSR count). The monoisotopic (exact) mass is 335 g/mol. The van der Waals surface area contributed by atoms with Gasteiger partial charge < -0.3 is 11.1 Å². The average molecular weight is 336 g/mol. The third-order valence-corrected chi connectivity index (χ3v) is 5.04. The fourth-order valence-electron chi connectivity index (χ4n) is 2.65. The van der Waals surface area contributed by atoms with Crippen LogP contribution >= 0.6 is 22.9 Å². The Morgan fingerprint density at radius 3 is 2.82 bits per heavy atom. The minimum atomic E-state index is -0.106. The molecule has 1 saturated carbocycles. The lowest BCUT2D eigenvalue weighted by molar-refractivity contribution is 0.0921. The molecule has 0 unspecified atom stereocenters. The number of nitrogens with one attached hydrogen (secondary N) is 1. The van der Waals surface area contributed by atoms with Gasteiger partial charge in [-0.25, -0.2) is 4.98 Å². The number of rotatable bonds is 3. The second-order valence-corrected chi connectivity index (χ2v) is 6.93. The highest BCUT2D eigenvalue weighted by atomic mass is 35.5. The molecule has 1 aliphatic carbocycles. The summed E-state index contributed by atoms with van der Waals surface area (Å²) in [4.78, 5) is 16.7. The Balaban J connectivity index is 1.67. The Morgan fingerprint density at radius 2 is 2.09 bits per heavy atom. The van der Waals surface area contributed by atoms with Gasteiger partial charge in [0.1, 0.15) is 10.7 Å². The first-order valence-corrected chi connectivity index (χ1v) is 8.65. The molecule has 1 amide bonds. The molecule has 0 bridgehead atoms. The Kier molecular flexibility index (Phi) is 4.76. The SMILES string of the molecule is NC1CCC(NC(=O)c2csc(-c3cccc(Cl)c3)n2)CC1. The van der Waals surface area contributed by atoms with E-state index in [2.05, 4.69) is 10.3 Å². The molecule has 1 heterocycles. The van der Waals surface area contributed by atoms with Gasteiger partial charge in [0, 0.05) is 28.0 Å². The Labute approximate surface area is 138 Å². The minimum absolute atomic E-state index is 0.106. The van der Waals surface area contributed by atoms with Crippen molar-refractivity contribution in [2.45, 2.75) is 37.8 Å². The second kappa shape index (κ2) is 6.77. The van der Waals surface area contributed by atoms with Crippen LogP contribution in [0.25, 0.3) is 10.6 Å². The number of carbonyl (C=O) groups excluding carboxylic acids is 1. The van der Waals surface area contributed by atoms with E-state index >= 15 is 0 Å². The van der Waals surface area contributed by atoms with E-state index in [0.29, 0.717) is 10.7 Å². The number of benzene rings is 1. The van der Waals surface area contributed by atoms with Crippen molar-refractivity contribution in [1.29, 1.82) is 0 Å². The van der Waals surface area contributed by atoms with Crippen LogP contribution in [0.15, 0.2) is 29.6 Å². The zero-order valence-electron chi connectivity index (χ0n) is 12.1. The summed E-state index contributed by atoms with van der Waals surface area (Å²) in [6.07, 6.45) is 3.82. The molecule has 0 saturated heterocycles. The van der Waals surface area contributed by atoms with E-state index in [1.54, 1.807) is 5.38 Å². The normalized spacial score (nSPS) is 21.5. The molecule has 0 radical (unpaired) electrons. The van der Waals surface area contributed by atoms with E-state index in [4.69, 9.17) is 17.3 Å². The van der Waals surface area contributed by atoms with Gasteiger partial charge in [-0.05, 0) is 37.8 Å². The van der Waals surface area contributed by atoms with Crippen LogP contribution in [-0.2, 0) is 0 Å². The molecule has 1 aromatic heterocycles. The molecule has 1 fully saturated rings. The number of thiazole rings is 1. The van der Waals surface area contributed by atoms with Crippen molar-refractivity contribution in [2.24, 2.45) is 5.73 Å². The van der Waals surface area contributed by atoms with E-state index < -0.39 is 0 Å². The number of aromatic nitrogens is 1. The Hall–Kier alpha value is -1.43. The van der Waals surface area contributed by atoms with Crippen molar-refractivity contribution in [3.63, 3.8) is 0 Å². The number of hydrogen-bond acceptors (Lipinski definition) is 4. The number of amides is 1. The molecule has 0 spiro atoms. The summed E-state index contributed by atoms with van der Waals surface area (Å²) in [5.41, 5.74) is 7.28. The number of carbonyl (C=O) groups is 1. The maximum Gasteiger partial charge on any atom is 0.270 e. The van der Waals surface area contributed by atoms with Gasteiger partial charge in [0.25, 0.3) is 5.91 Å². The maximum atomic E-state index is 12.3. The Bertz CT molecular complexity index is 665. The number of nitrogens with zero attached hydrogens (tertiary/aromatic N) is 1. The molecular formula is C16H18ClN3OS. The van der Waals surface area contributed by atoms with E-state index in [1.165, 1.54) is 11.3 Å². The third kappa shape index (κ3) is 3.66. The summed E-state index contributed by atoms with van der Waals surface area (Å²) in [5, 5.41) is 6.32. The van der Waals surface area contributed by atoms with Gasteiger partial charge in [-0.3, -0.25) is 4.79 Å². The van der Waals surface area contributed by atoms with Crippen molar-refractivity contribution in [1.82, 2.24) is 10.3 Å². The van der Waals surface area contributed by atoms with Gasteiger partial charge in [-0.2, -0.15) is 0 Å². The predicted octanol–water partition coefficient (Wildman–Crippen LogP) is 3.46. The number of nitrogens with two attached hydrogens (primary N) is 1. The van der Waals surface area contributed by atoms with Crippen LogP contribution in [0, 0.1) is 0 Å². The summed E-state index contributed by atoms with van der Waals surface area (Å²) >= 11 is 7.44. The Morgan fingerprint density at radius 1 is 1.32 bits per heavy atom. The molecule has 3 N–H and O–H groups in total. The van der Waals surface area contributed by atoms with Crippen LogP contribution in [0.5, 0.6) is 0 Å². The standard InChI is InChI=1S/C16H18ClN3OS/c17-11-3-1-2-10(8-11)16-20-14(9-22-16)15(21)19-13-6-4-12(18)5-7-13/h1-3,8-9,12-13H,4-7,18H2,(H,19,21). The largest absolute Gasteiger partial charge is 0.348 e. The van der Waals surface area contributed by atoms with Crippen molar-refractivity contribution >= 4 is 28.8 Å². The molecular weight excluding hydrogens is 318 g/mol. The van der Waals surface area contributed by atoms with Crippen LogP contribution in [0.2, 0.25) is 5.02 Å². The molecule has 116 valence electrons. The maximum absolute atomic E-state index is 12.3. The van der Waals surface area contributed by atoms with E-state index in [1.807, 2.05) is 24.3 Å². The summed E-state index contributed by atoms with van der Waals surface area (Å²) < 4.78 is 0. The first-order chi connectivity index (χ1) is 10.6. The fourth-order valence-corrected chi connectivity index (χ4v) is 3.64. The quantitative estimate of drug-likeness (QED) is 0.902. The topological polar surface area (TPSA) is 68.0 Å². The highest BCUT2D eigenvalue weighted by Crippen LogP contribution is 2.26. The number of hydrogen-bond donors (Lipinski definition) is 2. The van der Waals surface area contributed by atoms with Crippen molar-refractivity contribution < 1.29 is 4.79 Å². The van der Waals surface area contributed by atoms with Crippen molar-refractivity contribution in [3.8, 4) is 10.6 Å². The van der Waals surface area contributed by atoms with Crippen molar-refractivity contribution in [2.75, 3.05) is 0 Å². The van der Waals surface area contributed by atoms with Crippen LogP contribution in [0.4, 0.5) is 0 Å². The molecule has 6 heteroatoms. The van der Waals surface area contributed by atoms with Gasteiger partial charge >= 0.3 is 0 Å². The summed E-state index contributed by atoms with van der Waals surface area (Å²) in [6, 6.07) is 7.98. The van der Waals surface area contributed by atoms with E-state index in [-0.39, 0.29) is 18.0 Å². The third-order valence-electron chi connectivity index (χ3n) is 3.92. The first-order valence-electron chi connectivity index (χ1n) is 7.40. The van der Waals surface area contributed by atoms with Gasteiger partial charge in [0.15, 0.2) is 0 Å². The molecule has 4 nitrogen and oxygen atoms in total. The highest BCUT2D eigenvalue weighted by Gasteiger charge is 2.21. The van der Waals surface area contributed by atoms with Crippen LogP contribution in [0.1, 0.15) is 36.2 Å². The van der Waals surface area contributed by atoms with Crippen LogP contribution in [0.3, 0.4) is 0 Å². The highest BCUT2D eigenvalue weighted by molar-refractivity contribution is 7.13. The first kappa shape index (κ1) is 15.5. The zero-order chi connectivity index (χ0) is 15.5. The number of halogens is 1. The lowest BCUT2D eigenvalue weighted by Gasteiger charge is -2.26. The molecule has 0 atom stereocenters. The van der Waals surface area contributed by atoms with E-state index in [9.17, 15) is 4.79 Å². The lowest BCUT2D eigenvalue weighted by Crippen LogP contribution is -2.40. The van der Waals surface area contributed by atoms with Gasteiger partial charge in [0.05, 0.1) is 0 Å². The minimum Gasteiger partial charge on any atom is -0.348 e. The van der Waals surface area contributed by atoms with E-state index in [0.717, 1.165) is 36.3 Å². The molecule has 1 aliphatic rings. The molecule has 22 heavy (non-hydrogen) atoms. The van der Waals surface area contributed by atoms with Crippen LogP contribution in [-0.4, -0.2) is 23.0 Å².